The molecule has 0 N–H and O–H groups in total. The van der Waals surface area contributed by atoms with Crippen LogP contribution in [0.2, 0.25) is 6.82 Å². The molecule has 1 aromatic rings. The predicted octanol–water partition coefficient (Wildman–Crippen LogP) is 2.34. The van der Waals surface area contributed by atoms with Gasteiger partial charge >= 0.3 is 0 Å². The Morgan fingerprint density at radius 2 is 2.00 bits per heavy atom. The van der Waals surface area contributed by atoms with Gasteiger partial charge in [0.15, 0.2) is 7.28 Å². The van der Waals surface area contributed by atoms with Gasteiger partial charge in [-0.2, -0.15) is 0 Å². The second-order valence-corrected chi connectivity index (χ2v) is 3.56. The van der Waals surface area contributed by atoms with Gasteiger partial charge in [-0.05, 0) is 16.9 Å². The molecule has 0 amide bonds. The minimum Gasteiger partial charge on any atom is -0.497 e. The van der Waals surface area contributed by atoms with Gasteiger partial charge in [0, 0.05) is 6.07 Å². The van der Waals surface area contributed by atoms with E-state index in [0.29, 0.717) is 5.75 Å². The summed E-state index contributed by atoms with van der Waals surface area (Å²) in [6.45, 7) is 5.87. The number of ether oxygens (including phenoxy) is 1. The molecule has 0 aliphatic heterocycles. The Morgan fingerprint density at radius 3 is 2.43 bits per heavy atom. The van der Waals surface area contributed by atoms with E-state index in [-0.39, 0.29) is 11.7 Å². The van der Waals surface area contributed by atoms with E-state index in [4.69, 9.17) is 4.74 Å². The monoisotopic (exact) mass is 193 g/mol. The SMILES string of the molecule is C[B]c1cc(C(C)C)c(F)cc1OC. The summed E-state index contributed by atoms with van der Waals surface area (Å²) in [6, 6.07) is 3.30. The summed E-state index contributed by atoms with van der Waals surface area (Å²) in [6.07, 6.45) is 0. The summed E-state index contributed by atoms with van der Waals surface area (Å²) in [7, 11) is 3.47. The third kappa shape index (κ3) is 2.09. The van der Waals surface area contributed by atoms with Gasteiger partial charge in [-0.3, -0.25) is 0 Å². The Kier molecular flexibility index (Phi) is 3.56. The number of benzene rings is 1. The third-order valence-corrected chi connectivity index (χ3v) is 2.28. The molecule has 1 nitrogen and oxygen atoms in total. The molecule has 0 unspecified atom stereocenters. The first-order chi connectivity index (χ1) is 6.60. The summed E-state index contributed by atoms with van der Waals surface area (Å²) in [4.78, 5) is 0. The minimum atomic E-state index is -0.192. The zero-order valence-electron chi connectivity index (χ0n) is 9.10. The van der Waals surface area contributed by atoms with Crippen molar-refractivity contribution in [3.8, 4) is 5.75 Å². The lowest BCUT2D eigenvalue weighted by molar-refractivity contribution is 0.414. The molecular weight excluding hydrogens is 178 g/mol. The number of hydrogen-bond donors (Lipinski definition) is 0. The van der Waals surface area contributed by atoms with Crippen molar-refractivity contribution >= 4 is 12.7 Å². The molecule has 75 valence electrons. The van der Waals surface area contributed by atoms with Crippen molar-refractivity contribution in [3.63, 3.8) is 0 Å². The van der Waals surface area contributed by atoms with Gasteiger partial charge < -0.3 is 4.74 Å². The van der Waals surface area contributed by atoms with Gasteiger partial charge in [0.1, 0.15) is 11.6 Å². The maximum Gasteiger partial charge on any atom is 0.153 e. The van der Waals surface area contributed by atoms with E-state index in [2.05, 4.69) is 0 Å². The van der Waals surface area contributed by atoms with Crippen LogP contribution in [0.15, 0.2) is 12.1 Å². The Balaban J connectivity index is 3.23. The molecule has 14 heavy (non-hydrogen) atoms. The van der Waals surface area contributed by atoms with Crippen LogP contribution in [0.3, 0.4) is 0 Å². The Labute approximate surface area is 85.5 Å². The summed E-state index contributed by atoms with van der Waals surface area (Å²) in [5, 5.41) is 0. The molecule has 0 aliphatic carbocycles. The molecule has 0 aliphatic rings. The van der Waals surface area contributed by atoms with Crippen molar-refractivity contribution < 1.29 is 9.13 Å². The largest absolute Gasteiger partial charge is 0.497 e. The van der Waals surface area contributed by atoms with Crippen molar-refractivity contribution in [2.24, 2.45) is 0 Å². The van der Waals surface area contributed by atoms with Gasteiger partial charge in [0.25, 0.3) is 0 Å². The van der Waals surface area contributed by atoms with Crippen LogP contribution >= 0.6 is 0 Å². The lowest BCUT2D eigenvalue weighted by Gasteiger charge is -2.12. The second kappa shape index (κ2) is 4.49. The highest BCUT2D eigenvalue weighted by Crippen LogP contribution is 2.21. The summed E-state index contributed by atoms with van der Waals surface area (Å²) in [5.74, 6) is 0.594. The van der Waals surface area contributed by atoms with E-state index in [9.17, 15) is 4.39 Å². The highest BCUT2D eigenvalue weighted by molar-refractivity contribution is 6.53. The molecule has 0 heterocycles. The van der Waals surface area contributed by atoms with Gasteiger partial charge in [-0.25, -0.2) is 4.39 Å². The fraction of sp³-hybridized carbons (Fsp3) is 0.455. The van der Waals surface area contributed by atoms with Crippen LogP contribution in [0.1, 0.15) is 25.3 Å². The summed E-state index contributed by atoms with van der Waals surface area (Å²) < 4.78 is 18.6. The van der Waals surface area contributed by atoms with Gasteiger partial charge in [-0.1, -0.05) is 26.7 Å². The van der Waals surface area contributed by atoms with Crippen LogP contribution in [-0.4, -0.2) is 14.4 Å². The second-order valence-electron chi connectivity index (χ2n) is 3.56. The van der Waals surface area contributed by atoms with E-state index < -0.39 is 0 Å². The molecule has 0 saturated heterocycles. The Morgan fingerprint density at radius 1 is 1.36 bits per heavy atom. The van der Waals surface area contributed by atoms with Gasteiger partial charge in [0.2, 0.25) is 0 Å². The standard InChI is InChI=1S/C11H15BFO/c1-7(2)8-5-9(12-3)11(14-4)6-10(8)13/h5-7H,1-4H3. The average molecular weight is 193 g/mol. The molecule has 3 heteroatoms. The molecule has 0 atom stereocenters. The maximum absolute atomic E-state index is 13.5. The first-order valence-electron chi connectivity index (χ1n) is 4.77. The number of halogens is 1. The lowest BCUT2D eigenvalue weighted by Crippen LogP contribution is -2.16. The van der Waals surface area contributed by atoms with E-state index in [1.165, 1.54) is 6.07 Å². The van der Waals surface area contributed by atoms with E-state index in [1.807, 2.05) is 34.0 Å². The maximum atomic E-state index is 13.5. The molecule has 0 bridgehead atoms. The third-order valence-electron chi connectivity index (χ3n) is 2.28. The van der Waals surface area contributed by atoms with Crippen LogP contribution in [0.25, 0.3) is 0 Å². The number of methoxy groups -OCH3 is 1. The first-order valence-corrected chi connectivity index (χ1v) is 4.77. The fourth-order valence-electron chi connectivity index (χ4n) is 1.43. The van der Waals surface area contributed by atoms with Crippen LogP contribution < -0.4 is 10.2 Å². The Bertz CT molecular complexity index is 323. The van der Waals surface area contributed by atoms with Crippen molar-refractivity contribution in [1.29, 1.82) is 0 Å². The van der Waals surface area contributed by atoms with Crippen LogP contribution in [-0.2, 0) is 0 Å². The smallest absolute Gasteiger partial charge is 0.153 e. The molecule has 0 aromatic heterocycles. The van der Waals surface area contributed by atoms with Crippen LogP contribution in [0.4, 0.5) is 4.39 Å². The van der Waals surface area contributed by atoms with E-state index >= 15 is 0 Å². The van der Waals surface area contributed by atoms with Crippen molar-refractivity contribution in [2.75, 3.05) is 7.11 Å². The molecule has 0 fully saturated rings. The molecule has 0 saturated carbocycles. The highest BCUT2D eigenvalue weighted by Gasteiger charge is 2.11. The van der Waals surface area contributed by atoms with Crippen LogP contribution in [0.5, 0.6) is 5.75 Å². The van der Waals surface area contributed by atoms with Crippen molar-refractivity contribution in [1.82, 2.24) is 0 Å². The van der Waals surface area contributed by atoms with Gasteiger partial charge in [0.05, 0.1) is 7.11 Å². The molecule has 0 spiro atoms. The summed E-state index contributed by atoms with van der Waals surface area (Å²) in [5.41, 5.74) is 1.68. The lowest BCUT2D eigenvalue weighted by atomic mass is 9.71. The minimum absolute atomic E-state index is 0.192. The van der Waals surface area contributed by atoms with E-state index in [0.717, 1.165) is 11.0 Å². The predicted molar refractivity (Wildman–Crippen MR) is 58.3 cm³/mol. The Hall–Kier alpha value is -0.985. The average Bonchev–Trinajstić information content (AvgIpc) is 2.16. The molecule has 1 aromatic carbocycles. The fourth-order valence-corrected chi connectivity index (χ4v) is 1.43. The van der Waals surface area contributed by atoms with Gasteiger partial charge in [-0.15, -0.1) is 0 Å². The highest BCUT2D eigenvalue weighted by atomic mass is 19.1. The van der Waals surface area contributed by atoms with Crippen LogP contribution in [0, 0.1) is 5.82 Å². The molecule has 1 rings (SSSR count). The molecule has 1 radical (unpaired) electrons. The topological polar surface area (TPSA) is 9.23 Å². The van der Waals surface area contributed by atoms with Crippen molar-refractivity contribution in [3.05, 3.63) is 23.5 Å². The number of rotatable bonds is 3. The molecular formula is C11H15BFO. The zero-order chi connectivity index (χ0) is 10.7. The first kappa shape index (κ1) is 11.1. The zero-order valence-corrected chi connectivity index (χ0v) is 9.10. The van der Waals surface area contributed by atoms with E-state index in [1.54, 1.807) is 7.11 Å². The number of hydrogen-bond acceptors (Lipinski definition) is 1. The normalized spacial score (nSPS) is 10.4. The van der Waals surface area contributed by atoms with Crippen molar-refractivity contribution in [2.45, 2.75) is 26.6 Å². The summed E-state index contributed by atoms with van der Waals surface area (Å²) >= 11 is 0. The quantitative estimate of drug-likeness (QED) is 0.669.